The number of amides is 1. The fourth-order valence-corrected chi connectivity index (χ4v) is 4.25. The number of hydrogen-bond donors (Lipinski definition) is 3. The first-order valence-corrected chi connectivity index (χ1v) is 11.1. The molecule has 3 aromatic rings. The molecule has 33 heavy (non-hydrogen) atoms. The maximum atomic E-state index is 11.3. The zero-order valence-electron chi connectivity index (χ0n) is 19.0. The van der Waals surface area contributed by atoms with Crippen LogP contribution in [0.25, 0.3) is 22.4 Å². The normalized spacial score (nSPS) is 14.8. The quantitative estimate of drug-likeness (QED) is 0.485. The monoisotopic (exact) mass is 450 g/mol. The van der Waals surface area contributed by atoms with Gasteiger partial charge in [0, 0.05) is 29.2 Å². The second-order valence-corrected chi connectivity index (χ2v) is 8.34. The van der Waals surface area contributed by atoms with E-state index in [1.165, 1.54) is 0 Å². The molecule has 0 radical (unpaired) electrons. The third kappa shape index (κ3) is 4.96. The molecule has 2 heterocycles. The van der Waals surface area contributed by atoms with Gasteiger partial charge in [0.15, 0.2) is 0 Å². The van der Waals surface area contributed by atoms with Gasteiger partial charge in [0.05, 0.1) is 19.0 Å². The summed E-state index contributed by atoms with van der Waals surface area (Å²) < 4.78 is 11.2. The van der Waals surface area contributed by atoms with Crippen molar-refractivity contribution in [1.29, 1.82) is 0 Å². The number of aromatic hydroxyl groups is 1. The summed E-state index contributed by atoms with van der Waals surface area (Å²) in [5, 5.41) is 18.1. The Labute approximate surface area is 193 Å². The second-order valence-electron chi connectivity index (χ2n) is 8.34. The summed E-state index contributed by atoms with van der Waals surface area (Å²) >= 11 is 0. The lowest BCUT2D eigenvalue weighted by Crippen LogP contribution is -2.40. The van der Waals surface area contributed by atoms with Crippen molar-refractivity contribution in [3.8, 4) is 39.6 Å². The van der Waals surface area contributed by atoms with E-state index in [1.807, 2.05) is 43.3 Å². The molecule has 1 fully saturated rings. The number of methoxy groups -OCH3 is 1. The largest absolute Gasteiger partial charge is 0.507 e. The number of ether oxygens (including phenoxy) is 2. The highest BCUT2D eigenvalue weighted by atomic mass is 16.5. The average molecular weight is 451 g/mol. The molecule has 0 bridgehead atoms. The summed E-state index contributed by atoms with van der Waals surface area (Å²) in [6, 6.07) is 11.4. The Hall–Kier alpha value is -3.52. The van der Waals surface area contributed by atoms with E-state index in [1.54, 1.807) is 13.3 Å². The van der Waals surface area contributed by atoms with Crippen molar-refractivity contribution in [2.75, 3.05) is 33.4 Å². The van der Waals surface area contributed by atoms with Gasteiger partial charge in [0.1, 0.15) is 23.9 Å². The van der Waals surface area contributed by atoms with Crippen molar-refractivity contribution >= 4 is 5.91 Å². The molecule has 4 N–H and O–H groups in total. The summed E-state index contributed by atoms with van der Waals surface area (Å²) in [6.07, 6.45) is 3.34. The highest BCUT2D eigenvalue weighted by Gasteiger charge is 2.23. The highest BCUT2D eigenvalue weighted by molar-refractivity contribution is 5.84. The van der Waals surface area contributed by atoms with E-state index in [0.717, 1.165) is 55.0 Å². The molecule has 0 spiro atoms. The summed E-state index contributed by atoms with van der Waals surface area (Å²) in [5.74, 6) is 1.37. The lowest BCUT2D eigenvalue weighted by Gasteiger charge is -2.30. The van der Waals surface area contributed by atoms with Crippen molar-refractivity contribution in [2.24, 2.45) is 11.7 Å². The number of carbonyl (C=O) groups is 1. The molecule has 0 aliphatic carbocycles. The van der Waals surface area contributed by atoms with Crippen molar-refractivity contribution in [2.45, 2.75) is 19.8 Å². The zero-order valence-corrected chi connectivity index (χ0v) is 19.0. The van der Waals surface area contributed by atoms with E-state index in [4.69, 9.17) is 15.2 Å². The number of likely N-dealkylation sites (tertiary alicyclic amines) is 1. The van der Waals surface area contributed by atoms with Gasteiger partial charge < -0.3 is 20.3 Å². The van der Waals surface area contributed by atoms with Gasteiger partial charge in [-0.2, -0.15) is 5.10 Å². The summed E-state index contributed by atoms with van der Waals surface area (Å²) in [6.45, 7) is 4.79. The molecule has 1 aliphatic heterocycles. The Balaban J connectivity index is 1.43. The van der Waals surface area contributed by atoms with Crippen LogP contribution in [0.1, 0.15) is 18.4 Å². The highest BCUT2D eigenvalue weighted by Crippen LogP contribution is 2.40. The minimum atomic E-state index is -0.204. The number of hydrogen-bond acceptors (Lipinski definition) is 6. The van der Waals surface area contributed by atoms with Gasteiger partial charge in [0.25, 0.3) is 0 Å². The van der Waals surface area contributed by atoms with Gasteiger partial charge >= 0.3 is 0 Å². The number of benzene rings is 2. The van der Waals surface area contributed by atoms with Crippen LogP contribution >= 0.6 is 0 Å². The van der Waals surface area contributed by atoms with Crippen LogP contribution in [0.2, 0.25) is 0 Å². The first kappa shape index (κ1) is 22.7. The molecule has 8 nitrogen and oxygen atoms in total. The molecule has 0 atom stereocenters. The molecule has 4 rings (SSSR count). The Bertz CT molecular complexity index is 1100. The Morgan fingerprint density at radius 2 is 1.91 bits per heavy atom. The van der Waals surface area contributed by atoms with Crippen molar-refractivity contribution < 1.29 is 19.4 Å². The van der Waals surface area contributed by atoms with E-state index in [2.05, 4.69) is 15.1 Å². The minimum absolute atomic E-state index is 0.0146. The lowest BCUT2D eigenvalue weighted by atomic mass is 9.96. The van der Waals surface area contributed by atoms with Crippen molar-refractivity contribution in [3.63, 3.8) is 0 Å². The van der Waals surface area contributed by atoms with E-state index in [9.17, 15) is 9.90 Å². The first-order valence-electron chi connectivity index (χ1n) is 11.1. The van der Waals surface area contributed by atoms with Crippen molar-refractivity contribution in [3.05, 3.63) is 48.2 Å². The average Bonchev–Trinajstić information content (AvgIpc) is 3.32. The van der Waals surface area contributed by atoms with E-state index < -0.39 is 0 Å². The molecule has 1 saturated heterocycles. The van der Waals surface area contributed by atoms with Crippen LogP contribution in [-0.4, -0.2) is 59.5 Å². The van der Waals surface area contributed by atoms with Gasteiger partial charge in [-0.3, -0.25) is 14.8 Å². The fourth-order valence-electron chi connectivity index (χ4n) is 4.25. The van der Waals surface area contributed by atoms with Gasteiger partial charge in [-0.15, -0.1) is 0 Å². The lowest BCUT2D eigenvalue weighted by molar-refractivity contribution is -0.123. The van der Waals surface area contributed by atoms with Crippen molar-refractivity contribution in [1.82, 2.24) is 15.1 Å². The van der Waals surface area contributed by atoms with Crippen LogP contribution in [0, 0.1) is 12.8 Å². The van der Waals surface area contributed by atoms with Crippen LogP contribution < -0.4 is 15.2 Å². The molecular formula is C25H30N4O4. The third-order valence-corrected chi connectivity index (χ3v) is 6.35. The number of nitrogens with one attached hydrogen (secondary N) is 1. The number of rotatable bonds is 8. The first-order chi connectivity index (χ1) is 16.0. The summed E-state index contributed by atoms with van der Waals surface area (Å²) in [4.78, 5) is 13.6. The van der Waals surface area contributed by atoms with Crippen LogP contribution in [0.5, 0.6) is 17.2 Å². The summed E-state index contributed by atoms with van der Waals surface area (Å²) in [5.41, 5.74) is 9.34. The number of phenolic OH excluding ortho intramolecular Hbond substituents is 1. The molecule has 1 amide bonds. The van der Waals surface area contributed by atoms with E-state index in [-0.39, 0.29) is 17.6 Å². The Morgan fingerprint density at radius 1 is 1.18 bits per heavy atom. The van der Waals surface area contributed by atoms with Gasteiger partial charge in [-0.25, -0.2) is 0 Å². The second kappa shape index (κ2) is 9.95. The number of nitrogens with zero attached hydrogens (tertiary/aromatic N) is 2. The maximum Gasteiger partial charge on any atom is 0.220 e. The van der Waals surface area contributed by atoms with Crippen LogP contribution in [0.4, 0.5) is 0 Å². The van der Waals surface area contributed by atoms with E-state index in [0.29, 0.717) is 23.5 Å². The molecule has 1 aromatic heterocycles. The van der Waals surface area contributed by atoms with E-state index >= 15 is 0 Å². The van der Waals surface area contributed by atoms with Gasteiger partial charge in [0.2, 0.25) is 5.91 Å². The number of primary amides is 1. The third-order valence-electron chi connectivity index (χ3n) is 6.35. The molecule has 8 heteroatoms. The SMILES string of the molecule is COc1ccc(-c2cn[nH]c2-c2ccc(OCCN3CCC(C(N)=O)CC3)c(C)c2O)cc1. The number of phenols is 1. The Morgan fingerprint density at radius 3 is 2.58 bits per heavy atom. The molecule has 2 aromatic carbocycles. The predicted molar refractivity (Wildman–Crippen MR) is 126 cm³/mol. The molecule has 174 valence electrons. The number of nitrogens with two attached hydrogens (primary N) is 1. The number of piperidine rings is 1. The van der Waals surface area contributed by atoms with Crippen LogP contribution in [0.3, 0.4) is 0 Å². The minimum Gasteiger partial charge on any atom is -0.507 e. The number of carbonyl (C=O) groups excluding carboxylic acids is 1. The zero-order chi connectivity index (χ0) is 23.4. The molecular weight excluding hydrogens is 420 g/mol. The summed E-state index contributed by atoms with van der Waals surface area (Å²) in [7, 11) is 1.63. The predicted octanol–water partition coefficient (Wildman–Crippen LogP) is 3.34. The Kier molecular flexibility index (Phi) is 6.84. The molecule has 0 saturated carbocycles. The maximum absolute atomic E-state index is 11.3. The number of aromatic nitrogens is 2. The topological polar surface area (TPSA) is 114 Å². The molecule has 1 aliphatic rings. The number of aromatic amines is 1. The smallest absolute Gasteiger partial charge is 0.220 e. The number of H-pyrrole nitrogens is 1. The molecule has 0 unspecified atom stereocenters. The van der Waals surface area contributed by atoms with Crippen LogP contribution in [0.15, 0.2) is 42.6 Å². The van der Waals surface area contributed by atoms with Gasteiger partial charge in [-0.05, 0) is 62.7 Å². The van der Waals surface area contributed by atoms with Gasteiger partial charge in [-0.1, -0.05) is 12.1 Å². The van der Waals surface area contributed by atoms with Crippen LogP contribution in [-0.2, 0) is 4.79 Å². The fraction of sp³-hybridized carbons (Fsp3) is 0.360. The standard InChI is InChI=1S/C25H30N4O4/c1-16-22(33-14-13-29-11-9-18(10-12-29)25(26)31)8-7-20(24(16)30)23-21(15-27-28-23)17-3-5-19(32-2)6-4-17/h3-8,15,18,30H,9-14H2,1-2H3,(H2,26,31)(H,27,28).